The van der Waals surface area contributed by atoms with Crippen LogP contribution in [0.3, 0.4) is 0 Å². The minimum absolute atomic E-state index is 0.233. The average molecular weight is 315 g/mol. The molecular weight excluding hydrogens is 300 g/mol. The van der Waals surface area contributed by atoms with Crippen LogP contribution in [0.15, 0.2) is 22.7 Å². The van der Waals surface area contributed by atoms with Gasteiger partial charge in [-0.25, -0.2) is 0 Å². The third-order valence-electron chi connectivity index (χ3n) is 2.77. The molecule has 0 aromatic carbocycles. The maximum Gasteiger partial charge on any atom is 0.275 e. The SMILES string of the molecule is CC(O)CCN(C)C(=O)c1cc(-c2ccc(Cl)s2)on1. The molecule has 0 radical (unpaired) electrons. The van der Waals surface area contributed by atoms with Crippen LogP contribution in [-0.2, 0) is 0 Å². The van der Waals surface area contributed by atoms with Gasteiger partial charge in [0.2, 0.25) is 0 Å². The fourth-order valence-corrected chi connectivity index (χ4v) is 2.61. The van der Waals surface area contributed by atoms with Gasteiger partial charge in [0.05, 0.1) is 15.3 Å². The van der Waals surface area contributed by atoms with E-state index >= 15 is 0 Å². The lowest BCUT2D eigenvalue weighted by atomic mass is 10.2. The number of carbonyl (C=O) groups is 1. The van der Waals surface area contributed by atoms with Gasteiger partial charge < -0.3 is 14.5 Å². The normalized spacial score (nSPS) is 12.4. The molecule has 0 aliphatic rings. The van der Waals surface area contributed by atoms with Crippen LogP contribution in [0.25, 0.3) is 10.6 Å². The van der Waals surface area contributed by atoms with Crippen LogP contribution in [0.1, 0.15) is 23.8 Å². The zero-order valence-corrected chi connectivity index (χ0v) is 12.7. The number of hydrogen-bond acceptors (Lipinski definition) is 5. The number of aromatic nitrogens is 1. The molecule has 5 nitrogen and oxygen atoms in total. The summed E-state index contributed by atoms with van der Waals surface area (Å²) in [4.78, 5) is 14.4. The van der Waals surface area contributed by atoms with Crippen molar-refractivity contribution < 1.29 is 14.4 Å². The van der Waals surface area contributed by atoms with E-state index in [1.807, 2.05) is 6.07 Å². The molecule has 0 saturated heterocycles. The highest BCUT2D eigenvalue weighted by Gasteiger charge is 2.18. The van der Waals surface area contributed by atoms with Gasteiger partial charge in [-0.05, 0) is 25.5 Å². The summed E-state index contributed by atoms with van der Waals surface area (Å²) in [5.74, 6) is 0.289. The van der Waals surface area contributed by atoms with Crippen molar-refractivity contribution in [2.45, 2.75) is 19.4 Å². The van der Waals surface area contributed by atoms with Crippen LogP contribution in [0.4, 0.5) is 0 Å². The Morgan fingerprint density at radius 2 is 2.35 bits per heavy atom. The summed E-state index contributed by atoms with van der Waals surface area (Å²) in [7, 11) is 1.67. The number of rotatable bonds is 5. The lowest BCUT2D eigenvalue weighted by Crippen LogP contribution is -2.29. The zero-order chi connectivity index (χ0) is 14.7. The molecule has 0 aliphatic carbocycles. The Bertz CT molecular complexity index is 594. The number of aliphatic hydroxyl groups is 1. The van der Waals surface area contributed by atoms with Gasteiger partial charge in [-0.1, -0.05) is 16.8 Å². The van der Waals surface area contributed by atoms with Crippen molar-refractivity contribution in [1.82, 2.24) is 10.1 Å². The molecule has 0 bridgehead atoms. The summed E-state index contributed by atoms with van der Waals surface area (Å²) in [5, 5.41) is 13.0. The molecule has 20 heavy (non-hydrogen) atoms. The minimum atomic E-state index is -0.439. The Morgan fingerprint density at radius 1 is 1.60 bits per heavy atom. The van der Waals surface area contributed by atoms with Crippen LogP contribution < -0.4 is 0 Å². The monoisotopic (exact) mass is 314 g/mol. The maximum atomic E-state index is 12.1. The van der Waals surface area contributed by atoms with E-state index in [0.29, 0.717) is 23.1 Å². The second-order valence-corrected chi connectivity index (χ2v) is 6.26. The molecule has 0 fully saturated rings. The second kappa shape index (κ2) is 6.39. The van der Waals surface area contributed by atoms with Crippen molar-refractivity contribution in [3.8, 4) is 10.6 Å². The highest BCUT2D eigenvalue weighted by molar-refractivity contribution is 7.19. The van der Waals surface area contributed by atoms with E-state index in [2.05, 4.69) is 5.16 Å². The van der Waals surface area contributed by atoms with Gasteiger partial charge in [0, 0.05) is 19.7 Å². The first-order chi connectivity index (χ1) is 9.47. The zero-order valence-electron chi connectivity index (χ0n) is 11.2. The van der Waals surface area contributed by atoms with Crippen molar-refractivity contribution in [2.75, 3.05) is 13.6 Å². The van der Waals surface area contributed by atoms with E-state index in [0.717, 1.165) is 4.88 Å². The molecule has 1 amide bonds. The van der Waals surface area contributed by atoms with Crippen molar-refractivity contribution in [3.63, 3.8) is 0 Å². The number of aliphatic hydroxyl groups excluding tert-OH is 1. The van der Waals surface area contributed by atoms with Crippen molar-refractivity contribution in [1.29, 1.82) is 0 Å². The van der Waals surface area contributed by atoms with Crippen LogP contribution in [0.2, 0.25) is 4.34 Å². The van der Waals surface area contributed by atoms with E-state index in [1.54, 1.807) is 26.1 Å². The Morgan fingerprint density at radius 3 is 2.95 bits per heavy atom. The molecule has 2 heterocycles. The number of hydrogen-bond donors (Lipinski definition) is 1. The first-order valence-electron chi connectivity index (χ1n) is 6.13. The number of halogens is 1. The van der Waals surface area contributed by atoms with Gasteiger partial charge in [0.25, 0.3) is 5.91 Å². The molecule has 108 valence electrons. The molecule has 2 rings (SSSR count). The molecule has 1 N–H and O–H groups in total. The highest BCUT2D eigenvalue weighted by Crippen LogP contribution is 2.31. The first kappa shape index (κ1) is 15.0. The van der Waals surface area contributed by atoms with Crippen molar-refractivity contribution in [3.05, 3.63) is 28.2 Å². The standard InChI is InChI=1S/C13H15ClN2O3S/c1-8(17)5-6-16(2)13(18)9-7-10(19-15-9)11-3-4-12(14)20-11/h3-4,7-8,17H,5-6H2,1-2H3. The summed E-state index contributed by atoms with van der Waals surface area (Å²) in [5.41, 5.74) is 0.248. The fraction of sp³-hybridized carbons (Fsp3) is 0.385. The van der Waals surface area contributed by atoms with Crippen LogP contribution >= 0.6 is 22.9 Å². The molecule has 1 atom stereocenters. The summed E-state index contributed by atoms with van der Waals surface area (Å²) >= 11 is 7.22. The van der Waals surface area contributed by atoms with E-state index in [-0.39, 0.29) is 11.6 Å². The molecule has 2 aromatic heterocycles. The number of amides is 1. The van der Waals surface area contributed by atoms with Gasteiger partial charge in [0.15, 0.2) is 11.5 Å². The molecule has 0 saturated carbocycles. The predicted molar refractivity (Wildman–Crippen MR) is 78.1 cm³/mol. The number of carbonyl (C=O) groups excluding carboxylic acids is 1. The lowest BCUT2D eigenvalue weighted by Gasteiger charge is -2.16. The summed E-state index contributed by atoms with van der Waals surface area (Å²) < 4.78 is 5.82. The maximum absolute atomic E-state index is 12.1. The molecule has 7 heteroatoms. The van der Waals surface area contributed by atoms with Gasteiger partial charge >= 0.3 is 0 Å². The molecule has 0 aliphatic heterocycles. The molecular formula is C13H15ClN2O3S. The summed E-state index contributed by atoms with van der Waals surface area (Å²) in [6.07, 6.45) is 0.0828. The minimum Gasteiger partial charge on any atom is -0.393 e. The van der Waals surface area contributed by atoms with Crippen LogP contribution in [-0.4, -0.2) is 40.8 Å². The fourth-order valence-electron chi connectivity index (χ4n) is 1.62. The van der Waals surface area contributed by atoms with Gasteiger partial charge in [-0.3, -0.25) is 4.79 Å². The lowest BCUT2D eigenvalue weighted by molar-refractivity contribution is 0.0759. The largest absolute Gasteiger partial charge is 0.393 e. The molecule has 0 spiro atoms. The number of thiophene rings is 1. The smallest absolute Gasteiger partial charge is 0.275 e. The van der Waals surface area contributed by atoms with E-state index in [9.17, 15) is 9.90 Å². The van der Waals surface area contributed by atoms with Gasteiger partial charge in [-0.2, -0.15) is 0 Å². The van der Waals surface area contributed by atoms with Gasteiger partial charge in [0.1, 0.15) is 0 Å². The first-order valence-corrected chi connectivity index (χ1v) is 7.33. The molecule has 2 aromatic rings. The van der Waals surface area contributed by atoms with Crippen molar-refractivity contribution in [2.24, 2.45) is 0 Å². The predicted octanol–water partition coefficient (Wildman–Crippen LogP) is 2.90. The topological polar surface area (TPSA) is 66.6 Å². The van der Waals surface area contributed by atoms with E-state index < -0.39 is 6.10 Å². The highest BCUT2D eigenvalue weighted by atomic mass is 35.5. The van der Waals surface area contributed by atoms with E-state index in [1.165, 1.54) is 16.2 Å². The summed E-state index contributed by atoms with van der Waals surface area (Å²) in [6.45, 7) is 2.15. The number of nitrogens with zero attached hydrogens (tertiary/aromatic N) is 2. The third-order valence-corrected chi connectivity index (χ3v) is 4.02. The Hall–Kier alpha value is -1.37. The van der Waals surface area contributed by atoms with Crippen molar-refractivity contribution >= 4 is 28.8 Å². The summed E-state index contributed by atoms with van der Waals surface area (Å²) in [6, 6.07) is 5.18. The Balaban J connectivity index is 2.06. The Kier molecular flexibility index (Phi) is 4.80. The van der Waals surface area contributed by atoms with Gasteiger partial charge in [-0.15, -0.1) is 11.3 Å². The third kappa shape index (κ3) is 3.59. The molecule has 1 unspecified atom stereocenters. The quantitative estimate of drug-likeness (QED) is 0.921. The van der Waals surface area contributed by atoms with E-state index in [4.69, 9.17) is 16.1 Å². The second-order valence-electron chi connectivity index (χ2n) is 4.54. The Labute approximate surface area is 125 Å². The van der Waals surface area contributed by atoms with Crippen LogP contribution in [0, 0.1) is 0 Å². The average Bonchev–Trinajstić information content (AvgIpc) is 3.03. The van der Waals surface area contributed by atoms with Crippen LogP contribution in [0.5, 0.6) is 0 Å².